The molecule has 1 amide bonds. The van der Waals surface area contributed by atoms with Crippen LogP contribution in [0.15, 0.2) is 48.5 Å². The van der Waals surface area contributed by atoms with Gasteiger partial charge in [-0.2, -0.15) is 5.10 Å². The first-order valence-electron chi connectivity index (χ1n) is 8.82. The van der Waals surface area contributed by atoms with Crippen LogP contribution in [-0.2, 0) is 11.3 Å². The molecule has 0 unspecified atom stereocenters. The van der Waals surface area contributed by atoms with E-state index in [1.54, 1.807) is 0 Å². The Morgan fingerprint density at radius 3 is 2.56 bits per heavy atom. The Hall–Kier alpha value is -2.93. The summed E-state index contributed by atoms with van der Waals surface area (Å²) in [6.45, 7) is 5.01. The van der Waals surface area contributed by atoms with E-state index in [1.807, 2.05) is 66.9 Å². The summed E-state index contributed by atoms with van der Waals surface area (Å²) in [6.07, 6.45) is 0.297. The molecule has 140 valence electrons. The fourth-order valence-corrected chi connectivity index (χ4v) is 2.91. The third-order valence-corrected chi connectivity index (χ3v) is 4.39. The van der Waals surface area contributed by atoms with Gasteiger partial charge < -0.3 is 10.1 Å². The molecule has 0 aliphatic carbocycles. The molecule has 1 aromatic heterocycles. The minimum atomic E-state index is -0.0698. The van der Waals surface area contributed by atoms with Gasteiger partial charge in [0.25, 0.3) is 0 Å². The van der Waals surface area contributed by atoms with Crippen LogP contribution in [0.25, 0.3) is 11.4 Å². The maximum atomic E-state index is 12.3. The number of nitrogens with one attached hydrogen (secondary N) is 2. The van der Waals surface area contributed by atoms with Crippen LogP contribution in [0, 0.1) is 11.7 Å². The molecule has 3 aromatic rings. The minimum Gasteiger partial charge on any atom is -0.494 e. The number of nitrogens with zero attached hydrogens (tertiary/aromatic N) is 2. The summed E-state index contributed by atoms with van der Waals surface area (Å²) >= 11 is 5.32. The Morgan fingerprint density at radius 1 is 1.19 bits per heavy atom. The van der Waals surface area contributed by atoms with Crippen molar-refractivity contribution < 1.29 is 9.53 Å². The second-order valence-electron chi connectivity index (χ2n) is 6.13. The molecule has 0 fully saturated rings. The van der Waals surface area contributed by atoms with E-state index >= 15 is 0 Å². The number of anilines is 1. The molecule has 0 radical (unpaired) electrons. The largest absolute Gasteiger partial charge is 0.494 e. The lowest BCUT2D eigenvalue weighted by Gasteiger charge is -2.09. The van der Waals surface area contributed by atoms with E-state index in [9.17, 15) is 4.79 Å². The van der Waals surface area contributed by atoms with Crippen LogP contribution in [-0.4, -0.2) is 27.3 Å². The maximum Gasteiger partial charge on any atom is 0.226 e. The summed E-state index contributed by atoms with van der Waals surface area (Å²) in [4.78, 5) is 12.3. The molecule has 0 bridgehead atoms. The van der Waals surface area contributed by atoms with Gasteiger partial charge in [0.1, 0.15) is 5.75 Å². The highest BCUT2D eigenvalue weighted by atomic mass is 32.1. The van der Waals surface area contributed by atoms with E-state index < -0.39 is 0 Å². The summed E-state index contributed by atoms with van der Waals surface area (Å²) in [6, 6.07) is 15.4. The number of ether oxygens (including phenoxy) is 1. The smallest absolute Gasteiger partial charge is 0.226 e. The van der Waals surface area contributed by atoms with E-state index in [0.29, 0.717) is 30.2 Å². The molecule has 2 aromatic carbocycles. The van der Waals surface area contributed by atoms with E-state index in [-0.39, 0.29) is 5.91 Å². The predicted octanol–water partition coefficient (Wildman–Crippen LogP) is 4.34. The van der Waals surface area contributed by atoms with Gasteiger partial charge in [0, 0.05) is 24.2 Å². The van der Waals surface area contributed by atoms with Crippen molar-refractivity contribution in [2.75, 3.05) is 11.9 Å². The van der Waals surface area contributed by atoms with Crippen molar-refractivity contribution in [2.45, 2.75) is 26.8 Å². The monoisotopic (exact) mass is 382 g/mol. The second kappa shape index (κ2) is 8.64. The molecule has 0 spiro atoms. The Morgan fingerprint density at radius 2 is 1.89 bits per heavy atom. The molecule has 0 saturated carbocycles. The number of carbonyl (C=O) groups is 1. The summed E-state index contributed by atoms with van der Waals surface area (Å²) in [5.74, 6) is 1.44. The second-order valence-corrected chi connectivity index (χ2v) is 6.51. The molecule has 2 N–H and O–H groups in total. The van der Waals surface area contributed by atoms with Crippen molar-refractivity contribution in [3.8, 4) is 17.1 Å². The first-order chi connectivity index (χ1) is 13.1. The predicted molar refractivity (Wildman–Crippen MR) is 108 cm³/mol. The zero-order chi connectivity index (χ0) is 19.2. The molecule has 6 nitrogen and oxygen atoms in total. The number of H-pyrrole nitrogens is 1. The highest BCUT2D eigenvalue weighted by Gasteiger charge is 2.11. The van der Waals surface area contributed by atoms with E-state index in [1.165, 1.54) is 0 Å². The number of aromatic nitrogens is 3. The third kappa shape index (κ3) is 4.83. The van der Waals surface area contributed by atoms with Gasteiger partial charge >= 0.3 is 0 Å². The standard InChI is InChI=1S/C20H22N4O2S/c1-3-26-17-10-6-15(7-11-17)19-22-23-20(27)24(19)13-12-18(25)21-16-8-4-14(2)5-9-16/h4-11H,3,12-13H2,1-2H3,(H,21,25)(H,23,27). The molecular formula is C20H22N4O2S. The van der Waals surface area contributed by atoms with Gasteiger partial charge in [-0.05, 0) is 62.5 Å². The lowest BCUT2D eigenvalue weighted by molar-refractivity contribution is -0.116. The molecule has 0 atom stereocenters. The Kier molecular flexibility index (Phi) is 6.03. The number of rotatable bonds is 7. The lowest BCUT2D eigenvalue weighted by atomic mass is 10.2. The molecule has 27 heavy (non-hydrogen) atoms. The fourth-order valence-electron chi connectivity index (χ4n) is 2.69. The first kappa shape index (κ1) is 18.8. The van der Waals surface area contributed by atoms with Crippen LogP contribution in [0.3, 0.4) is 0 Å². The van der Waals surface area contributed by atoms with Crippen LogP contribution in [0.1, 0.15) is 18.9 Å². The molecule has 7 heteroatoms. The number of aromatic amines is 1. The van der Waals surface area contributed by atoms with Gasteiger partial charge in [-0.25, -0.2) is 0 Å². The average molecular weight is 382 g/mol. The Balaban J connectivity index is 1.68. The number of hydrogen-bond acceptors (Lipinski definition) is 4. The van der Waals surface area contributed by atoms with Crippen molar-refractivity contribution >= 4 is 23.8 Å². The van der Waals surface area contributed by atoms with Crippen LogP contribution in [0.2, 0.25) is 0 Å². The quantitative estimate of drug-likeness (QED) is 0.596. The molecule has 1 heterocycles. The van der Waals surface area contributed by atoms with Crippen LogP contribution < -0.4 is 10.1 Å². The number of carbonyl (C=O) groups excluding carboxylic acids is 1. The Bertz CT molecular complexity index is 959. The molecule has 0 saturated heterocycles. The summed E-state index contributed by atoms with van der Waals surface area (Å²) in [5, 5.41) is 10.0. The SMILES string of the molecule is CCOc1ccc(-c2n[nH]c(=S)n2CCC(=O)Nc2ccc(C)cc2)cc1. The fraction of sp³-hybridized carbons (Fsp3) is 0.250. The van der Waals surface area contributed by atoms with E-state index in [0.717, 1.165) is 22.6 Å². The van der Waals surface area contributed by atoms with Gasteiger partial charge in [0.05, 0.1) is 6.61 Å². The summed E-state index contributed by atoms with van der Waals surface area (Å²) in [7, 11) is 0. The maximum absolute atomic E-state index is 12.3. The van der Waals surface area contributed by atoms with Crippen molar-refractivity contribution in [2.24, 2.45) is 0 Å². The topological polar surface area (TPSA) is 71.9 Å². The van der Waals surface area contributed by atoms with Gasteiger partial charge in [0.15, 0.2) is 10.6 Å². The van der Waals surface area contributed by atoms with Gasteiger partial charge in [0.2, 0.25) is 5.91 Å². The molecule has 0 aliphatic rings. The highest BCUT2D eigenvalue weighted by Crippen LogP contribution is 2.21. The van der Waals surface area contributed by atoms with Crippen molar-refractivity contribution in [3.63, 3.8) is 0 Å². The van der Waals surface area contributed by atoms with Crippen LogP contribution in [0.5, 0.6) is 5.75 Å². The number of aryl methyl sites for hydroxylation is 1. The van der Waals surface area contributed by atoms with Gasteiger partial charge in [-0.3, -0.25) is 14.5 Å². The molecule has 0 aliphatic heterocycles. The zero-order valence-corrected chi connectivity index (χ0v) is 16.2. The third-order valence-electron chi connectivity index (χ3n) is 4.08. The first-order valence-corrected chi connectivity index (χ1v) is 9.22. The zero-order valence-electron chi connectivity index (χ0n) is 15.4. The lowest BCUT2D eigenvalue weighted by Crippen LogP contribution is -2.15. The van der Waals surface area contributed by atoms with Crippen LogP contribution in [0.4, 0.5) is 5.69 Å². The summed E-state index contributed by atoms with van der Waals surface area (Å²) < 4.78 is 7.79. The van der Waals surface area contributed by atoms with Gasteiger partial charge in [-0.1, -0.05) is 17.7 Å². The average Bonchev–Trinajstić information content (AvgIpc) is 3.03. The highest BCUT2D eigenvalue weighted by molar-refractivity contribution is 7.71. The van der Waals surface area contributed by atoms with Crippen molar-refractivity contribution in [1.82, 2.24) is 14.8 Å². The molecular weight excluding hydrogens is 360 g/mol. The van der Waals surface area contributed by atoms with E-state index in [2.05, 4.69) is 15.5 Å². The number of hydrogen-bond donors (Lipinski definition) is 2. The van der Waals surface area contributed by atoms with Gasteiger partial charge in [-0.15, -0.1) is 0 Å². The Labute approximate surface area is 163 Å². The minimum absolute atomic E-state index is 0.0698. The summed E-state index contributed by atoms with van der Waals surface area (Å²) in [5.41, 5.74) is 2.84. The van der Waals surface area contributed by atoms with E-state index in [4.69, 9.17) is 17.0 Å². The van der Waals surface area contributed by atoms with Crippen molar-refractivity contribution in [3.05, 3.63) is 58.9 Å². The molecule has 3 rings (SSSR count). The van der Waals surface area contributed by atoms with Crippen LogP contribution >= 0.6 is 12.2 Å². The normalized spacial score (nSPS) is 10.6. The van der Waals surface area contributed by atoms with Crippen molar-refractivity contribution in [1.29, 1.82) is 0 Å². The number of amides is 1. The number of benzene rings is 2.